The molecule has 0 aliphatic carbocycles. The molecule has 0 unspecified atom stereocenters. The minimum absolute atomic E-state index is 0.0694. The number of benzene rings is 2. The van der Waals surface area contributed by atoms with Gasteiger partial charge in [-0.3, -0.25) is 10.1 Å². The van der Waals surface area contributed by atoms with Crippen molar-refractivity contribution in [2.24, 2.45) is 0 Å². The predicted octanol–water partition coefficient (Wildman–Crippen LogP) is 3.29. The van der Waals surface area contributed by atoms with Crippen molar-refractivity contribution >= 4 is 22.6 Å². The van der Waals surface area contributed by atoms with Crippen LogP contribution >= 0.6 is 0 Å². The minimum Gasteiger partial charge on any atom is -0.465 e. The van der Waals surface area contributed by atoms with Gasteiger partial charge in [0.25, 0.3) is 5.69 Å². The van der Waals surface area contributed by atoms with E-state index in [1.165, 1.54) is 11.0 Å². The van der Waals surface area contributed by atoms with Crippen LogP contribution in [-0.4, -0.2) is 34.1 Å². The first-order valence-electron chi connectivity index (χ1n) is 6.67. The summed E-state index contributed by atoms with van der Waals surface area (Å²) in [6.45, 7) is 2.57. The Bertz CT molecular complexity index is 684. The van der Waals surface area contributed by atoms with Crippen LogP contribution in [0, 0.1) is 10.1 Å². The van der Waals surface area contributed by atoms with E-state index in [1.54, 1.807) is 25.1 Å². The normalized spacial score (nSPS) is 10.5. The van der Waals surface area contributed by atoms with Gasteiger partial charge in [-0.05, 0) is 30.4 Å². The summed E-state index contributed by atoms with van der Waals surface area (Å²) in [6.07, 6.45) is -0.428. The number of fused-ring (bicyclic) bond motifs is 1. The molecule has 0 bridgehead atoms. The highest BCUT2D eigenvalue weighted by Crippen LogP contribution is 2.28. The lowest BCUT2D eigenvalue weighted by atomic mass is 10.0. The van der Waals surface area contributed by atoms with E-state index in [-0.39, 0.29) is 5.69 Å². The van der Waals surface area contributed by atoms with Gasteiger partial charge in [0.15, 0.2) is 0 Å². The molecule has 6 heteroatoms. The molecular formula is C15H16N2O4. The van der Waals surface area contributed by atoms with Gasteiger partial charge in [-0.1, -0.05) is 24.3 Å². The summed E-state index contributed by atoms with van der Waals surface area (Å²) < 4.78 is 0. The maximum atomic E-state index is 11.0. The first-order chi connectivity index (χ1) is 10.0. The fourth-order valence-electron chi connectivity index (χ4n) is 2.37. The summed E-state index contributed by atoms with van der Waals surface area (Å²) in [5.41, 5.74) is 0.982. The number of hydrogen-bond acceptors (Lipinski definition) is 3. The highest BCUT2D eigenvalue weighted by atomic mass is 16.6. The summed E-state index contributed by atoms with van der Waals surface area (Å²) in [5, 5.41) is 21.4. The summed E-state index contributed by atoms with van der Waals surface area (Å²) in [6, 6.07) is 10.3. The third-order valence-corrected chi connectivity index (χ3v) is 3.49. The molecule has 1 N–H and O–H groups in total. The van der Waals surface area contributed by atoms with Crippen molar-refractivity contribution < 1.29 is 14.8 Å². The zero-order valence-electron chi connectivity index (χ0n) is 11.7. The van der Waals surface area contributed by atoms with Crippen molar-refractivity contribution in [3.63, 3.8) is 0 Å². The average Bonchev–Trinajstić information content (AvgIpc) is 2.47. The standard InChI is InChI=1S/C15H16N2O4/c1-2-16(15(18)19)10-9-11-7-8-14(17(20)21)13-6-4-3-5-12(11)13/h3-8H,2,9-10H2,1H3,(H,18,19). The number of likely N-dealkylation sites (N-methyl/N-ethyl adjacent to an activating group) is 1. The number of nitro benzene ring substituents is 1. The lowest BCUT2D eigenvalue weighted by molar-refractivity contribution is -0.383. The van der Waals surface area contributed by atoms with E-state index in [9.17, 15) is 14.9 Å². The molecule has 0 saturated heterocycles. The molecule has 0 aliphatic rings. The number of rotatable bonds is 5. The second-order valence-corrected chi connectivity index (χ2v) is 4.66. The van der Waals surface area contributed by atoms with Crippen molar-refractivity contribution in [1.82, 2.24) is 4.90 Å². The largest absolute Gasteiger partial charge is 0.465 e. The number of carboxylic acid groups (broad SMARTS) is 1. The zero-order chi connectivity index (χ0) is 15.4. The fraction of sp³-hybridized carbons (Fsp3) is 0.267. The molecule has 110 valence electrons. The molecule has 0 spiro atoms. The second-order valence-electron chi connectivity index (χ2n) is 4.66. The molecule has 0 aromatic heterocycles. The second kappa shape index (κ2) is 6.21. The Morgan fingerprint density at radius 2 is 1.90 bits per heavy atom. The summed E-state index contributed by atoms with van der Waals surface area (Å²) in [4.78, 5) is 23.0. The van der Waals surface area contributed by atoms with Gasteiger partial charge in [0, 0.05) is 19.2 Å². The van der Waals surface area contributed by atoms with Crippen LogP contribution in [0.15, 0.2) is 36.4 Å². The molecule has 0 atom stereocenters. The Morgan fingerprint density at radius 3 is 2.48 bits per heavy atom. The third-order valence-electron chi connectivity index (χ3n) is 3.49. The molecule has 0 aliphatic heterocycles. The van der Waals surface area contributed by atoms with E-state index in [0.717, 1.165) is 10.9 Å². The fourth-order valence-corrected chi connectivity index (χ4v) is 2.37. The third kappa shape index (κ3) is 3.10. The van der Waals surface area contributed by atoms with Crippen LogP contribution in [0.5, 0.6) is 0 Å². The summed E-state index contributed by atoms with van der Waals surface area (Å²) in [7, 11) is 0. The lowest BCUT2D eigenvalue weighted by Gasteiger charge is -2.17. The number of non-ortho nitro benzene ring substituents is 1. The highest BCUT2D eigenvalue weighted by molar-refractivity contribution is 5.93. The number of hydrogen-bond donors (Lipinski definition) is 1. The quantitative estimate of drug-likeness (QED) is 0.676. The van der Waals surface area contributed by atoms with E-state index >= 15 is 0 Å². The number of nitro groups is 1. The van der Waals surface area contributed by atoms with Gasteiger partial charge >= 0.3 is 6.09 Å². The van der Waals surface area contributed by atoms with Crippen LogP contribution in [0.3, 0.4) is 0 Å². The average molecular weight is 288 g/mol. The molecule has 2 rings (SSSR count). The Balaban J connectivity index is 2.35. The molecule has 6 nitrogen and oxygen atoms in total. The van der Waals surface area contributed by atoms with Crippen molar-refractivity contribution in [2.75, 3.05) is 13.1 Å². The van der Waals surface area contributed by atoms with Crippen LogP contribution in [0.1, 0.15) is 12.5 Å². The van der Waals surface area contributed by atoms with E-state index < -0.39 is 11.0 Å². The molecule has 0 saturated carbocycles. The topological polar surface area (TPSA) is 83.7 Å². The van der Waals surface area contributed by atoms with Gasteiger partial charge in [-0.2, -0.15) is 0 Å². The van der Waals surface area contributed by atoms with Crippen molar-refractivity contribution in [2.45, 2.75) is 13.3 Å². The van der Waals surface area contributed by atoms with Gasteiger partial charge in [0.1, 0.15) is 0 Å². The van der Waals surface area contributed by atoms with Crippen molar-refractivity contribution in [1.29, 1.82) is 0 Å². The van der Waals surface area contributed by atoms with Gasteiger partial charge < -0.3 is 10.0 Å². The molecule has 2 aromatic carbocycles. The zero-order valence-corrected chi connectivity index (χ0v) is 11.7. The summed E-state index contributed by atoms with van der Waals surface area (Å²) in [5.74, 6) is 0. The SMILES string of the molecule is CCN(CCc1ccc([N+](=O)[O-])c2ccccc12)C(=O)O. The first-order valence-corrected chi connectivity index (χ1v) is 6.67. The Hall–Kier alpha value is -2.63. The molecule has 2 aromatic rings. The van der Waals surface area contributed by atoms with Gasteiger partial charge in [-0.15, -0.1) is 0 Å². The van der Waals surface area contributed by atoms with Crippen LogP contribution < -0.4 is 0 Å². The Labute approximate surface area is 121 Å². The Kier molecular flexibility index (Phi) is 4.37. The molecule has 0 radical (unpaired) electrons. The number of carbonyl (C=O) groups is 1. The van der Waals surface area contributed by atoms with Crippen LogP contribution in [0.25, 0.3) is 10.8 Å². The van der Waals surface area contributed by atoms with E-state index in [0.29, 0.717) is 24.9 Å². The summed E-state index contributed by atoms with van der Waals surface area (Å²) >= 11 is 0. The minimum atomic E-state index is -0.955. The van der Waals surface area contributed by atoms with E-state index in [1.807, 2.05) is 12.1 Å². The van der Waals surface area contributed by atoms with Gasteiger partial charge in [0.05, 0.1) is 10.3 Å². The number of nitrogens with zero attached hydrogens (tertiary/aromatic N) is 2. The molecule has 1 amide bonds. The van der Waals surface area contributed by atoms with E-state index in [4.69, 9.17) is 5.11 Å². The van der Waals surface area contributed by atoms with Crippen LogP contribution in [-0.2, 0) is 6.42 Å². The molecule has 0 fully saturated rings. The molecular weight excluding hydrogens is 272 g/mol. The molecule has 0 heterocycles. The van der Waals surface area contributed by atoms with Gasteiger partial charge in [0.2, 0.25) is 0 Å². The van der Waals surface area contributed by atoms with Gasteiger partial charge in [-0.25, -0.2) is 4.79 Å². The molecule has 21 heavy (non-hydrogen) atoms. The lowest BCUT2D eigenvalue weighted by Crippen LogP contribution is -2.31. The monoisotopic (exact) mass is 288 g/mol. The van der Waals surface area contributed by atoms with Crippen LogP contribution in [0.4, 0.5) is 10.5 Å². The van der Waals surface area contributed by atoms with E-state index in [2.05, 4.69) is 0 Å². The number of amides is 1. The maximum absolute atomic E-state index is 11.0. The highest BCUT2D eigenvalue weighted by Gasteiger charge is 2.15. The maximum Gasteiger partial charge on any atom is 0.407 e. The van der Waals surface area contributed by atoms with Crippen LogP contribution in [0.2, 0.25) is 0 Å². The Morgan fingerprint density at radius 1 is 1.24 bits per heavy atom. The van der Waals surface area contributed by atoms with Crippen molar-refractivity contribution in [3.05, 3.63) is 52.1 Å². The van der Waals surface area contributed by atoms with Crippen molar-refractivity contribution in [3.8, 4) is 0 Å². The smallest absolute Gasteiger partial charge is 0.407 e. The first kappa shape index (κ1) is 14.8. The predicted molar refractivity (Wildman–Crippen MR) is 79.6 cm³/mol.